The summed E-state index contributed by atoms with van der Waals surface area (Å²) in [5.41, 5.74) is 1.64. The first kappa shape index (κ1) is 12.0. The largest absolute Gasteiger partial charge is 0.478 e. The van der Waals surface area contributed by atoms with Crippen LogP contribution in [0.2, 0.25) is 0 Å². The molecule has 0 saturated carbocycles. The minimum atomic E-state index is -1.12. The van der Waals surface area contributed by atoms with Gasteiger partial charge in [0.15, 0.2) is 0 Å². The van der Waals surface area contributed by atoms with Crippen molar-refractivity contribution in [1.29, 1.82) is 0 Å². The van der Waals surface area contributed by atoms with Crippen molar-refractivity contribution >= 4 is 12.0 Å². The molecule has 1 aromatic heterocycles. The third kappa shape index (κ3) is 2.45. The number of carboxylic acids is 1. The SMILES string of the molecule is Cc1cnn(-c2cccc(F)c2/C=C/C(=O)O)c1. The first-order valence-corrected chi connectivity index (χ1v) is 5.29. The smallest absolute Gasteiger partial charge is 0.328 e. The van der Waals surface area contributed by atoms with E-state index in [1.807, 2.05) is 6.92 Å². The first-order valence-electron chi connectivity index (χ1n) is 5.29. The molecular weight excluding hydrogens is 235 g/mol. The molecule has 0 unspecified atom stereocenters. The summed E-state index contributed by atoms with van der Waals surface area (Å²) in [5.74, 6) is -1.61. The van der Waals surface area contributed by atoms with E-state index < -0.39 is 11.8 Å². The van der Waals surface area contributed by atoms with Crippen molar-refractivity contribution < 1.29 is 14.3 Å². The van der Waals surface area contributed by atoms with Gasteiger partial charge < -0.3 is 5.11 Å². The lowest BCUT2D eigenvalue weighted by molar-refractivity contribution is -0.131. The Balaban J connectivity index is 2.54. The Morgan fingerprint density at radius 3 is 2.89 bits per heavy atom. The second-order valence-electron chi connectivity index (χ2n) is 3.81. The lowest BCUT2D eigenvalue weighted by Gasteiger charge is -2.06. The third-order valence-electron chi connectivity index (χ3n) is 2.38. The van der Waals surface area contributed by atoms with Gasteiger partial charge in [-0.2, -0.15) is 5.10 Å². The standard InChI is InChI=1S/C13H11FN2O2/c1-9-7-15-16(8-9)12-4-2-3-11(14)10(12)5-6-13(17)18/h2-8H,1H3,(H,17,18)/b6-5+. The minimum absolute atomic E-state index is 0.197. The number of carbonyl (C=O) groups is 1. The highest BCUT2D eigenvalue weighted by Gasteiger charge is 2.08. The van der Waals surface area contributed by atoms with Crippen LogP contribution >= 0.6 is 0 Å². The Labute approximate surface area is 103 Å². The highest BCUT2D eigenvalue weighted by molar-refractivity contribution is 5.86. The van der Waals surface area contributed by atoms with Gasteiger partial charge in [-0.05, 0) is 30.7 Å². The molecular formula is C13H11FN2O2. The van der Waals surface area contributed by atoms with Gasteiger partial charge in [-0.15, -0.1) is 0 Å². The van der Waals surface area contributed by atoms with Crippen LogP contribution in [0.1, 0.15) is 11.1 Å². The molecule has 0 amide bonds. The quantitative estimate of drug-likeness (QED) is 0.846. The van der Waals surface area contributed by atoms with Crippen molar-refractivity contribution in [3.05, 3.63) is 53.6 Å². The number of halogens is 1. The highest BCUT2D eigenvalue weighted by Crippen LogP contribution is 2.19. The summed E-state index contributed by atoms with van der Waals surface area (Å²) in [6, 6.07) is 4.51. The molecule has 4 nitrogen and oxygen atoms in total. The molecule has 0 saturated heterocycles. The Bertz CT molecular complexity index is 617. The summed E-state index contributed by atoms with van der Waals surface area (Å²) in [6.45, 7) is 1.87. The Kier molecular flexibility index (Phi) is 3.23. The van der Waals surface area contributed by atoms with E-state index in [2.05, 4.69) is 5.10 Å². The summed E-state index contributed by atoms with van der Waals surface area (Å²) < 4.78 is 15.2. The van der Waals surface area contributed by atoms with Gasteiger partial charge in [0, 0.05) is 17.8 Å². The maximum absolute atomic E-state index is 13.7. The number of benzene rings is 1. The zero-order valence-electron chi connectivity index (χ0n) is 9.67. The summed E-state index contributed by atoms with van der Waals surface area (Å²) in [4.78, 5) is 10.5. The number of nitrogens with zero attached hydrogens (tertiary/aromatic N) is 2. The van der Waals surface area contributed by atoms with Gasteiger partial charge in [0.2, 0.25) is 0 Å². The van der Waals surface area contributed by atoms with E-state index in [1.54, 1.807) is 24.5 Å². The van der Waals surface area contributed by atoms with Gasteiger partial charge in [0.25, 0.3) is 0 Å². The lowest BCUT2D eigenvalue weighted by atomic mass is 10.1. The van der Waals surface area contributed by atoms with Crippen LogP contribution in [0.4, 0.5) is 4.39 Å². The maximum atomic E-state index is 13.7. The molecule has 92 valence electrons. The third-order valence-corrected chi connectivity index (χ3v) is 2.38. The average molecular weight is 246 g/mol. The average Bonchev–Trinajstić information content (AvgIpc) is 2.73. The normalized spacial score (nSPS) is 11.0. The minimum Gasteiger partial charge on any atom is -0.478 e. The second kappa shape index (κ2) is 4.83. The summed E-state index contributed by atoms with van der Waals surface area (Å²) >= 11 is 0. The van der Waals surface area contributed by atoms with E-state index in [0.29, 0.717) is 5.69 Å². The fraction of sp³-hybridized carbons (Fsp3) is 0.0769. The fourth-order valence-electron chi connectivity index (χ4n) is 1.59. The zero-order valence-corrected chi connectivity index (χ0v) is 9.67. The number of aromatic nitrogens is 2. The molecule has 1 N–H and O–H groups in total. The van der Waals surface area contributed by atoms with Gasteiger partial charge in [-0.3, -0.25) is 0 Å². The van der Waals surface area contributed by atoms with Crippen LogP contribution in [0.3, 0.4) is 0 Å². The molecule has 1 aromatic carbocycles. The molecule has 0 radical (unpaired) electrons. The number of aliphatic carboxylic acids is 1. The first-order chi connectivity index (χ1) is 8.58. The van der Waals surface area contributed by atoms with E-state index in [9.17, 15) is 9.18 Å². The molecule has 2 aromatic rings. The summed E-state index contributed by atoms with van der Waals surface area (Å²) in [6.07, 6.45) is 5.52. The van der Waals surface area contributed by atoms with Crippen LogP contribution in [0.15, 0.2) is 36.7 Å². The molecule has 18 heavy (non-hydrogen) atoms. The number of hydrogen-bond donors (Lipinski definition) is 1. The maximum Gasteiger partial charge on any atom is 0.328 e. The zero-order chi connectivity index (χ0) is 13.1. The lowest BCUT2D eigenvalue weighted by Crippen LogP contribution is -2.00. The molecule has 0 bridgehead atoms. The van der Waals surface area contributed by atoms with Crippen LogP contribution in [-0.2, 0) is 4.79 Å². The number of carboxylic acid groups (broad SMARTS) is 1. The van der Waals surface area contributed by atoms with E-state index in [0.717, 1.165) is 11.6 Å². The van der Waals surface area contributed by atoms with Crippen molar-refractivity contribution in [3.8, 4) is 5.69 Å². The topological polar surface area (TPSA) is 55.1 Å². The van der Waals surface area contributed by atoms with E-state index in [-0.39, 0.29) is 5.56 Å². The predicted octanol–water partition coefficient (Wildman–Crippen LogP) is 2.42. The summed E-state index contributed by atoms with van der Waals surface area (Å²) in [7, 11) is 0. The van der Waals surface area contributed by atoms with Crippen LogP contribution in [0.25, 0.3) is 11.8 Å². The Hall–Kier alpha value is -2.43. The predicted molar refractivity (Wildman–Crippen MR) is 64.9 cm³/mol. The number of rotatable bonds is 3. The van der Waals surface area contributed by atoms with Crippen molar-refractivity contribution in [2.45, 2.75) is 6.92 Å². The molecule has 0 fully saturated rings. The molecule has 0 spiro atoms. The monoisotopic (exact) mass is 246 g/mol. The van der Waals surface area contributed by atoms with Gasteiger partial charge >= 0.3 is 5.97 Å². The molecule has 0 aliphatic heterocycles. The van der Waals surface area contributed by atoms with Gasteiger partial charge in [-0.25, -0.2) is 13.9 Å². The molecule has 5 heteroatoms. The molecule has 0 aliphatic carbocycles. The van der Waals surface area contributed by atoms with Crippen LogP contribution < -0.4 is 0 Å². The van der Waals surface area contributed by atoms with E-state index in [4.69, 9.17) is 5.11 Å². The van der Waals surface area contributed by atoms with E-state index in [1.165, 1.54) is 16.8 Å². The van der Waals surface area contributed by atoms with Crippen molar-refractivity contribution in [2.24, 2.45) is 0 Å². The van der Waals surface area contributed by atoms with Crippen LogP contribution in [0.5, 0.6) is 0 Å². The van der Waals surface area contributed by atoms with Crippen molar-refractivity contribution in [3.63, 3.8) is 0 Å². The number of aryl methyl sites for hydroxylation is 1. The Morgan fingerprint density at radius 2 is 2.28 bits per heavy atom. The van der Waals surface area contributed by atoms with Crippen LogP contribution in [0, 0.1) is 12.7 Å². The van der Waals surface area contributed by atoms with Crippen LogP contribution in [-0.4, -0.2) is 20.9 Å². The van der Waals surface area contributed by atoms with Gasteiger partial charge in [0.1, 0.15) is 5.82 Å². The van der Waals surface area contributed by atoms with Crippen molar-refractivity contribution in [1.82, 2.24) is 9.78 Å². The molecule has 0 atom stereocenters. The second-order valence-corrected chi connectivity index (χ2v) is 3.81. The fourth-order valence-corrected chi connectivity index (χ4v) is 1.59. The van der Waals surface area contributed by atoms with Crippen molar-refractivity contribution in [2.75, 3.05) is 0 Å². The molecule has 0 aliphatic rings. The molecule has 1 heterocycles. The number of hydrogen-bond acceptors (Lipinski definition) is 2. The highest BCUT2D eigenvalue weighted by atomic mass is 19.1. The summed E-state index contributed by atoms with van der Waals surface area (Å²) in [5, 5.41) is 12.7. The van der Waals surface area contributed by atoms with Gasteiger partial charge in [0.05, 0.1) is 11.9 Å². The van der Waals surface area contributed by atoms with Gasteiger partial charge in [-0.1, -0.05) is 6.07 Å². The van der Waals surface area contributed by atoms with E-state index >= 15 is 0 Å². The Morgan fingerprint density at radius 1 is 1.50 bits per heavy atom. The molecule has 2 rings (SSSR count).